The molecule has 0 aliphatic heterocycles. The van der Waals surface area contributed by atoms with Gasteiger partial charge in [0.25, 0.3) is 0 Å². The summed E-state index contributed by atoms with van der Waals surface area (Å²) in [4.78, 5) is 4.18. The molecule has 0 bridgehead atoms. The summed E-state index contributed by atoms with van der Waals surface area (Å²) in [6.45, 7) is 1.73. The number of fused-ring (bicyclic) bond motifs is 1. The van der Waals surface area contributed by atoms with Gasteiger partial charge in [0, 0.05) is 12.3 Å². The van der Waals surface area contributed by atoms with Gasteiger partial charge < -0.3 is 9.84 Å². The Kier molecular flexibility index (Phi) is 3.22. The van der Waals surface area contributed by atoms with Crippen LogP contribution >= 0.6 is 0 Å². The average Bonchev–Trinajstić information content (AvgIpc) is 2.86. The minimum Gasteiger partial charge on any atom is -0.439 e. The zero-order chi connectivity index (χ0) is 13.2. The van der Waals surface area contributed by atoms with Gasteiger partial charge in [-0.15, -0.1) is 0 Å². The van der Waals surface area contributed by atoms with Crippen LogP contribution in [-0.4, -0.2) is 10.1 Å². The first-order valence-corrected chi connectivity index (χ1v) is 6.66. The van der Waals surface area contributed by atoms with Crippen molar-refractivity contribution in [2.75, 3.05) is 0 Å². The summed E-state index contributed by atoms with van der Waals surface area (Å²) in [7, 11) is 0. The van der Waals surface area contributed by atoms with Crippen LogP contribution in [0.5, 0.6) is 11.6 Å². The maximum atomic E-state index is 9.56. The standard InChI is InChI=1S/C16H17NO2/c1-11(18)13-7-8-17-16(10-13)19-15-6-5-12-3-2-4-14(12)9-15/h5-11,18H,2-4H2,1H3/t11-/m0/s1. The van der Waals surface area contributed by atoms with Gasteiger partial charge in [0.15, 0.2) is 0 Å². The molecule has 1 aromatic carbocycles. The Bertz CT molecular complexity index is 593. The molecule has 0 amide bonds. The molecule has 3 rings (SSSR count). The number of hydrogen-bond acceptors (Lipinski definition) is 3. The van der Waals surface area contributed by atoms with Crippen molar-refractivity contribution in [1.29, 1.82) is 0 Å². The molecule has 19 heavy (non-hydrogen) atoms. The van der Waals surface area contributed by atoms with Crippen molar-refractivity contribution >= 4 is 0 Å². The van der Waals surface area contributed by atoms with Gasteiger partial charge in [-0.2, -0.15) is 0 Å². The molecule has 1 N–H and O–H groups in total. The van der Waals surface area contributed by atoms with Crippen LogP contribution in [0.2, 0.25) is 0 Å². The van der Waals surface area contributed by atoms with E-state index < -0.39 is 6.10 Å². The molecule has 0 radical (unpaired) electrons. The summed E-state index contributed by atoms with van der Waals surface area (Å²) in [5.74, 6) is 1.34. The predicted molar refractivity (Wildman–Crippen MR) is 73.4 cm³/mol. The number of aliphatic hydroxyl groups is 1. The minimum absolute atomic E-state index is 0.509. The molecule has 1 heterocycles. The Balaban J connectivity index is 1.83. The van der Waals surface area contributed by atoms with Gasteiger partial charge >= 0.3 is 0 Å². The normalized spacial score (nSPS) is 15.1. The van der Waals surface area contributed by atoms with E-state index in [0.717, 1.165) is 17.7 Å². The Hall–Kier alpha value is -1.87. The first kappa shape index (κ1) is 12.2. The third-order valence-electron chi connectivity index (χ3n) is 3.53. The Morgan fingerprint density at radius 3 is 2.84 bits per heavy atom. The van der Waals surface area contributed by atoms with Gasteiger partial charge in [0.2, 0.25) is 5.88 Å². The molecule has 0 unspecified atom stereocenters. The van der Waals surface area contributed by atoms with Crippen molar-refractivity contribution in [2.45, 2.75) is 32.3 Å². The van der Waals surface area contributed by atoms with Gasteiger partial charge in [-0.25, -0.2) is 4.98 Å². The van der Waals surface area contributed by atoms with E-state index in [1.54, 1.807) is 25.3 Å². The largest absolute Gasteiger partial charge is 0.439 e. The zero-order valence-electron chi connectivity index (χ0n) is 11.0. The van der Waals surface area contributed by atoms with Crippen LogP contribution in [-0.2, 0) is 12.8 Å². The highest BCUT2D eigenvalue weighted by molar-refractivity contribution is 5.40. The molecule has 0 spiro atoms. The summed E-state index contributed by atoms with van der Waals surface area (Å²) in [6, 6.07) is 9.79. The highest BCUT2D eigenvalue weighted by atomic mass is 16.5. The predicted octanol–water partition coefficient (Wildman–Crippen LogP) is 3.42. The molecule has 1 aromatic heterocycles. The topological polar surface area (TPSA) is 42.4 Å². The summed E-state index contributed by atoms with van der Waals surface area (Å²) in [5, 5.41) is 9.56. The third-order valence-corrected chi connectivity index (χ3v) is 3.53. The van der Waals surface area contributed by atoms with Crippen LogP contribution in [0, 0.1) is 0 Å². The van der Waals surface area contributed by atoms with Crippen molar-refractivity contribution in [3.8, 4) is 11.6 Å². The summed E-state index contributed by atoms with van der Waals surface area (Å²) in [5.41, 5.74) is 3.62. The van der Waals surface area contributed by atoms with Crippen LogP contribution in [0.1, 0.15) is 36.1 Å². The Morgan fingerprint density at radius 2 is 2.00 bits per heavy atom. The second kappa shape index (κ2) is 5.02. The van der Waals surface area contributed by atoms with Crippen molar-refractivity contribution in [1.82, 2.24) is 4.98 Å². The molecule has 0 saturated carbocycles. The van der Waals surface area contributed by atoms with Crippen molar-refractivity contribution in [3.05, 3.63) is 53.2 Å². The second-order valence-corrected chi connectivity index (χ2v) is 4.99. The fraction of sp³-hybridized carbons (Fsp3) is 0.312. The first-order valence-electron chi connectivity index (χ1n) is 6.66. The van der Waals surface area contributed by atoms with Crippen molar-refractivity contribution in [3.63, 3.8) is 0 Å². The molecular weight excluding hydrogens is 238 g/mol. The van der Waals surface area contributed by atoms with Gasteiger partial charge in [0.05, 0.1) is 6.10 Å². The number of hydrogen-bond donors (Lipinski definition) is 1. The minimum atomic E-state index is -0.509. The Labute approximate surface area is 112 Å². The van der Waals surface area contributed by atoms with Crippen LogP contribution in [0.25, 0.3) is 0 Å². The molecule has 1 aliphatic rings. The van der Waals surface area contributed by atoms with Crippen molar-refractivity contribution < 1.29 is 9.84 Å². The van der Waals surface area contributed by atoms with E-state index in [1.807, 2.05) is 6.07 Å². The van der Waals surface area contributed by atoms with E-state index >= 15 is 0 Å². The Morgan fingerprint density at radius 1 is 1.16 bits per heavy atom. The van der Waals surface area contributed by atoms with Crippen molar-refractivity contribution in [2.24, 2.45) is 0 Å². The second-order valence-electron chi connectivity index (χ2n) is 4.99. The van der Waals surface area contributed by atoms with E-state index in [9.17, 15) is 5.11 Å². The monoisotopic (exact) mass is 255 g/mol. The number of aromatic nitrogens is 1. The maximum Gasteiger partial charge on any atom is 0.219 e. The number of nitrogens with zero attached hydrogens (tertiary/aromatic N) is 1. The lowest BCUT2D eigenvalue weighted by Gasteiger charge is -2.09. The molecule has 0 saturated heterocycles. The van der Waals surface area contributed by atoms with E-state index in [2.05, 4.69) is 17.1 Å². The molecule has 1 atom stereocenters. The molecule has 2 aromatic rings. The third kappa shape index (κ3) is 2.61. The van der Waals surface area contributed by atoms with Crippen LogP contribution < -0.4 is 4.74 Å². The van der Waals surface area contributed by atoms with Crippen LogP contribution in [0.4, 0.5) is 0 Å². The van der Waals surface area contributed by atoms with Gasteiger partial charge in [-0.05, 0) is 61.1 Å². The lowest BCUT2D eigenvalue weighted by Crippen LogP contribution is -1.94. The van der Waals surface area contributed by atoms with Gasteiger partial charge in [-0.3, -0.25) is 0 Å². The van der Waals surface area contributed by atoms with Crippen LogP contribution in [0.15, 0.2) is 36.5 Å². The quantitative estimate of drug-likeness (QED) is 0.913. The molecule has 3 nitrogen and oxygen atoms in total. The lowest BCUT2D eigenvalue weighted by atomic mass is 10.1. The fourth-order valence-electron chi connectivity index (χ4n) is 2.47. The highest BCUT2D eigenvalue weighted by Gasteiger charge is 2.12. The summed E-state index contributed by atoms with van der Waals surface area (Å²) < 4.78 is 5.77. The van der Waals surface area contributed by atoms with Gasteiger partial charge in [-0.1, -0.05) is 6.07 Å². The number of pyridine rings is 1. The number of aliphatic hydroxyl groups excluding tert-OH is 1. The first-order chi connectivity index (χ1) is 9.22. The molecular formula is C16H17NO2. The number of ether oxygens (including phenoxy) is 1. The summed E-state index contributed by atoms with van der Waals surface area (Å²) >= 11 is 0. The van der Waals surface area contributed by atoms with E-state index in [-0.39, 0.29) is 0 Å². The van der Waals surface area contributed by atoms with E-state index in [4.69, 9.17) is 4.74 Å². The number of aryl methyl sites for hydroxylation is 2. The zero-order valence-corrected chi connectivity index (χ0v) is 11.0. The van der Waals surface area contributed by atoms with E-state index in [1.165, 1.54) is 24.0 Å². The maximum absolute atomic E-state index is 9.56. The van der Waals surface area contributed by atoms with E-state index in [0.29, 0.717) is 5.88 Å². The molecule has 0 fully saturated rings. The van der Waals surface area contributed by atoms with Gasteiger partial charge in [0.1, 0.15) is 5.75 Å². The molecule has 1 aliphatic carbocycles. The molecule has 3 heteroatoms. The number of benzene rings is 1. The SMILES string of the molecule is C[C@H](O)c1ccnc(Oc2ccc3c(c2)CCC3)c1. The smallest absolute Gasteiger partial charge is 0.219 e. The lowest BCUT2D eigenvalue weighted by molar-refractivity contribution is 0.198. The fourth-order valence-corrected chi connectivity index (χ4v) is 2.47. The summed E-state index contributed by atoms with van der Waals surface area (Å²) in [6.07, 6.45) is 4.68. The number of rotatable bonds is 3. The molecule has 98 valence electrons. The van der Waals surface area contributed by atoms with Crippen LogP contribution in [0.3, 0.4) is 0 Å². The average molecular weight is 255 g/mol. The highest BCUT2D eigenvalue weighted by Crippen LogP contribution is 2.28.